The molecule has 0 spiro atoms. The number of carbonyl (C=O) groups is 3. The predicted octanol–water partition coefficient (Wildman–Crippen LogP) is 2.24. The molecule has 1 N–H and O–H groups in total. The Labute approximate surface area is 141 Å². The first-order valence-electron chi connectivity index (χ1n) is 8.15. The average molecular weight is 330 g/mol. The Bertz CT molecular complexity index is 739. The molecule has 2 aliphatic rings. The van der Waals surface area contributed by atoms with E-state index in [4.69, 9.17) is 4.74 Å². The van der Waals surface area contributed by atoms with Gasteiger partial charge in [-0.2, -0.15) is 0 Å². The van der Waals surface area contributed by atoms with E-state index >= 15 is 0 Å². The van der Waals surface area contributed by atoms with Crippen molar-refractivity contribution in [3.63, 3.8) is 0 Å². The Morgan fingerprint density at radius 1 is 1.25 bits per heavy atom. The predicted molar refractivity (Wildman–Crippen MR) is 87.7 cm³/mol. The molecule has 0 radical (unpaired) electrons. The van der Waals surface area contributed by atoms with Gasteiger partial charge >= 0.3 is 12.0 Å². The second kappa shape index (κ2) is 5.61. The Morgan fingerprint density at radius 2 is 1.88 bits per heavy atom. The van der Waals surface area contributed by atoms with Crippen LogP contribution in [0.4, 0.5) is 4.79 Å². The fourth-order valence-electron chi connectivity index (χ4n) is 3.15. The lowest BCUT2D eigenvalue weighted by Crippen LogP contribution is -2.46. The molecule has 2 fully saturated rings. The van der Waals surface area contributed by atoms with Crippen LogP contribution in [0.25, 0.3) is 0 Å². The van der Waals surface area contributed by atoms with Crippen LogP contribution in [-0.4, -0.2) is 34.9 Å². The number of nitrogens with one attached hydrogen (secondary N) is 1. The monoisotopic (exact) mass is 330 g/mol. The van der Waals surface area contributed by atoms with Gasteiger partial charge in [-0.05, 0) is 63.1 Å². The molecule has 1 aromatic carbocycles. The van der Waals surface area contributed by atoms with Gasteiger partial charge < -0.3 is 10.1 Å². The van der Waals surface area contributed by atoms with Gasteiger partial charge in [0.15, 0.2) is 0 Å². The number of benzene rings is 1. The zero-order chi connectivity index (χ0) is 17.6. The van der Waals surface area contributed by atoms with Crippen LogP contribution in [0.3, 0.4) is 0 Å². The first-order valence-corrected chi connectivity index (χ1v) is 8.15. The first kappa shape index (κ1) is 16.5. The van der Waals surface area contributed by atoms with Gasteiger partial charge in [0.2, 0.25) is 0 Å². The topological polar surface area (TPSA) is 75.7 Å². The number of amides is 3. The number of rotatable bonds is 4. The minimum absolute atomic E-state index is 0.163. The zero-order valence-electron chi connectivity index (χ0n) is 14.4. The van der Waals surface area contributed by atoms with Crippen molar-refractivity contribution in [1.82, 2.24) is 10.2 Å². The van der Waals surface area contributed by atoms with E-state index in [2.05, 4.69) is 5.32 Å². The van der Waals surface area contributed by atoms with Crippen molar-refractivity contribution in [3.8, 4) is 5.75 Å². The van der Waals surface area contributed by atoms with Crippen LogP contribution >= 0.6 is 0 Å². The Hall–Kier alpha value is -2.37. The van der Waals surface area contributed by atoms with Crippen LogP contribution in [-0.2, 0) is 9.59 Å². The van der Waals surface area contributed by atoms with Crippen molar-refractivity contribution in [1.29, 1.82) is 0 Å². The molecule has 1 aromatic rings. The molecule has 0 aromatic heterocycles. The lowest BCUT2D eigenvalue weighted by Gasteiger charge is -2.20. The van der Waals surface area contributed by atoms with Crippen molar-refractivity contribution >= 4 is 17.9 Å². The summed E-state index contributed by atoms with van der Waals surface area (Å²) in [4.78, 5) is 37.9. The summed E-state index contributed by atoms with van der Waals surface area (Å²) < 4.78 is 5.45. The minimum Gasteiger partial charge on any atom is -0.425 e. The molecule has 3 amide bonds. The maximum absolute atomic E-state index is 12.5. The summed E-state index contributed by atoms with van der Waals surface area (Å²) in [6.07, 6.45) is 1.84. The fourth-order valence-corrected chi connectivity index (χ4v) is 3.15. The van der Waals surface area contributed by atoms with E-state index in [-0.39, 0.29) is 18.4 Å². The molecular formula is C18H22N2O4. The lowest BCUT2D eigenvalue weighted by molar-refractivity contribution is -0.141. The molecule has 3 rings (SSSR count). The van der Waals surface area contributed by atoms with E-state index in [1.54, 1.807) is 6.92 Å². The van der Waals surface area contributed by atoms with Crippen LogP contribution < -0.4 is 10.1 Å². The number of hydrogen-bond donors (Lipinski definition) is 1. The van der Waals surface area contributed by atoms with E-state index in [0.717, 1.165) is 34.4 Å². The molecule has 0 bridgehead atoms. The summed E-state index contributed by atoms with van der Waals surface area (Å²) in [5.74, 6) is -0.298. The molecule has 6 heteroatoms. The number of nitrogens with zero attached hydrogens (tertiary/aromatic N) is 1. The van der Waals surface area contributed by atoms with E-state index in [0.29, 0.717) is 5.75 Å². The Morgan fingerprint density at radius 3 is 2.50 bits per heavy atom. The highest BCUT2D eigenvalue weighted by Gasteiger charge is 2.56. The highest BCUT2D eigenvalue weighted by atomic mass is 16.5. The summed E-state index contributed by atoms with van der Waals surface area (Å²) in [5, 5.41) is 2.72. The smallest absolute Gasteiger partial charge is 0.331 e. The van der Waals surface area contributed by atoms with Crippen molar-refractivity contribution in [2.45, 2.75) is 46.1 Å². The molecule has 1 saturated heterocycles. The highest BCUT2D eigenvalue weighted by Crippen LogP contribution is 2.42. The molecule has 1 aliphatic carbocycles. The molecule has 128 valence electrons. The number of ether oxygens (including phenoxy) is 1. The van der Waals surface area contributed by atoms with Crippen molar-refractivity contribution in [2.75, 3.05) is 6.54 Å². The molecule has 24 heavy (non-hydrogen) atoms. The van der Waals surface area contributed by atoms with Gasteiger partial charge in [0, 0.05) is 0 Å². The van der Waals surface area contributed by atoms with Crippen LogP contribution in [0.1, 0.15) is 36.5 Å². The molecule has 1 saturated carbocycles. The SMILES string of the molecule is Cc1ccc(C)c(OC(=O)CN2C(=O)NC(C)(C3CC3)C2=O)c1C. The molecule has 1 atom stereocenters. The van der Waals surface area contributed by atoms with E-state index in [1.165, 1.54) is 0 Å². The average Bonchev–Trinajstić information content (AvgIpc) is 3.34. The van der Waals surface area contributed by atoms with E-state index in [9.17, 15) is 14.4 Å². The highest BCUT2D eigenvalue weighted by molar-refractivity contribution is 6.08. The second-order valence-corrected chi connectivity index (χ2v) is 6.93. The Balaban J connectivity index is 1.73. The van der Waals surface area contributed by atoms with Gasteiger partial charge in [-0.25, -0.2) is 9.59 Å². The normalized spacial score (nSPS) is 23.4. The maximum Gasteiger partial charge on any atom is 0.331 e. The summed E-state index contributed by atoms with van der Waals surface area (Å²) in [7, 11) is 0. The summed E-state index contributed by atoms with van der Waals surface area (Å²) in [6.45, 7) is 7.02. The van der Waals surface area contributed by atoms with Gasteiger partial charge in [-0.3, -0.25) is 9.69 Å². The van der Waals surface area contributed by atoms with Crippen LogP contribution in [0, 0.1) is 26.7 Å². The largest absolute Gasteiger partial charge is 0.425 e. The number of hydrogen-bond acceptors (Lipinski definition) is 4. The number of esters is 1. The number of carbonyl (C=O) groups excluding carboxylic acids is 3. The quantitative estimate of drug-likeness (QED) is 0.522. The minimum atomic E-state index is -0.882. The van der Waals surface area contributed by atoms with Gasteiger partial charge in [-0.1, -0.05) is 12.1 Å². The zero-order valence-corrected chi connectivity index (χ0v) is 14.4. The summed E-state index contributed by atoms with van der Waals surface area (Å²) >= 11 is 0. The number of imide groups is 1. The van der Waals surface area contributed by atoms with E-state index in [1.807, 2.05) is 32.9 Å². The van der Waals surface area contributed by atoms with Gasteiger partial charge in [0.05, 0.1) is 0 Å². The third kappa shape index (κ3) is 2.66. The molecule has 1 heterocycles. The maximum atomic E-state index is 12.5. The van der Waals surface area contributed by atoms with Crippen LogP contribution in [0.2, 0.25) is 0 Å². The number of aryl methyl sites for hydroxylation is 2. The first-order chi connectivity index (χ1) is 11.2. The Kier molecular flexibility index (Phi) is 3.86. The standard InChI is InChI=1S/C18H22N2O4/c1-10-5-6-11(2)15(12(10)3)24-14(21)9-20-16(22)18(4,13-7-8-13)19-17(20)23/h5-6,13H,7-9H2,1-4H3,(H,19,23). The van der Waals surface area contributed by atoms with Crippen molar-refractivity contribution in [2.24, 2.45) is 5.92 Å². The third-order valence-electron chi connectivity index (χ3n) is 5.07. The fraction of sp³-hybridized carbons (Fsp3) is 0.500. The molecule has 1 unspecified atom stereocenters. The van der Waals surface area contributed by atoms with Gasteiger partial charge in [-0.15, -0.1) is 0 Å². The van der Waals surface area contributed by atoms with Crippen molar-refractivity contribution < 1.29 is 19.1 Å². The third-order valence-corrected chi connectivity index (χ3v) is 5.07. The lowest BCUT2D eigenvalue weighted by atomic mass is 9.96. The summed E-state index contributed by atoms with van der Waals surface area (Å²) in [6, 6.07) is 3.31. The van der Waals surface area contributed by atoms with Crippen molar-refractivity contribution in [3.05, 3.63) is 28.8 Å². The number of urea groups is 1. The molecule has 6 nitrogen and oxygen atoms in total. The van der Waals surface area contributed by atoms with Gasteiger partial charge in [0.25, 0.3) is 5.91 Å². The molecular weight excluding hydrogens is 308 g/mol. The van der Waals surface area contributed by atoms with Crippen LogP contribution in [0.15, 0.2) is 12.1 Å². The molecule has 1 aliphatic heterocycles. The second-order valence-electron chi connectivity index (χ2n) is 6.93. The van der Waals surface area contributed by atoms with E-state index < -0.39 is 17.5 Å². The van der Waals surface area contributed by atoms with Crippen LogP contribution in [0.5, 0.6) is 5.75 Å². The summed E-state index contributed by atoms with van der Waals surface area (Å²) in [5.41, 5.74) is 1.85. The van der Waals surface area contributed by atoms with Gasteiger partial charge in [0.1, 0.15) is 17.8 Å².